The van der Waals surface area contributed by atoms with E-state index < -0.39 is 11.9 Å². The molecule has 1 unspecified atom stereocenters. The predicted octanol–water partition coefficient (Wildman–Crippen LogP) is 0.621. The Kier molecular flexibility index (Phi) is 2.63. The first kappa shape index (κ1) is 6.96. The molecule has 8 heavy (non-hydrogen) atoms. The van der Waals surface area contributed by atoms with E-state index in [0.29, 0.717) is 0 Å². The van der Waals surface area contributed by atoms with Gasteiger partial charge in [-0.05, 0) is 0 Å². The van der Waals surface area contributed by atoms with Crippen LogP contribution in [0, 0.1) is 17.2 Å². The Morgan fingerprint density at radius 3 is 2.62 bits per heavy atom. The summed E-state index contributed by atoms with van der Waals surface area (Å²) in [5.41, 5.74) is 0. The zero-order valence-electron chi connectivity index (χ0n) is 4.59. The molecule has 3 nitrogen and oxygen atoms in total. The van der Waals surface area contributed by atoms with Crippen LogP contribution in [0.3, 0.4) is 0 Å². The first-order valence-corrected chi connectivity index (χ1v) is 2.28. The molecule has 1 N–H and O–H groups in total. The zero-order chi connectivity index (χ0) is 6.57. The van der Waals surface area contributed by atoms with Gasteiger partial charge in [0.2, 0.25) is 0 Å². The first-order valence-electron chi connectivity index (χ1n) is 2.28. The second-order valence-corrected chi connectivity index (χ2v) is 1.60. The van der Waals surface area contributed by atoms with Crippen LogP contribution < -0.4 is 0 Å². The lowest BCUT2D eigenvalue weighted by molar-refractivity contribution is -0.140. The van der Waals surface area contributed by atoms with Crippen LogP contribution in [0.1, 0.15) is 13.3 Å². The number of hydrogen-bond acceptors (Lipinski definition) is 2. The predicted molar refractivity (Wildman–Crippen MR) is 27.0 cm³/mol. The molecule has 0 aliphatic heterocycles. The van der Waals surface area contributed by atoms with E-state index in [4.69, 9.17) is 10.4 Å². The average molecular weight is 113 g/mol. The Morgan fingerprint density at radius 2 is 2.50 bits per heavy atom. The molecule has 44 valence electrons. The molecule has 0 heterocycles. The Labute approximate surface area is 47.5 Å². The van der Waals surface area contributed by atoms with Crippen molar-refractivity contribution in [3.63, 3.8) is 0 Å². The summed E-state index contributed by atoms with van der Waals surface area (Å²) in [7, 11) is 0. The zero-order valence-corrected chi connectivity index (χ0v) is 4.59. The summed E-state index contributed by atoms with van der Waals surface area (Å²) < 4.78 is 0. The second kappa shape index (κ2) is 3.03. The van der Waals surface area contributed by atoms with Gasteiger partial charge in [0, 0.05) is 6.42 Å². The monoisotopic (exact) mass is 113 g/mol. The lowest BCUT2D eigenvalue weighted by Gasteiger charge is -1.94. The average Bonchev–Trinajstić information content (AvgIpc) is 1.67. The number of nitriles is 1. The van der Waals surface area contributed by atoms with Crippen molar-refractivity contribution in [3.05, 3.63) is 0 Å². The van der Waals surface area contributed by atoms with Crippen molar-refractivity contribution in [2.45, 2.75) is 13.3 Å². The minimum absolute atomic E-state index is 0.0926. The molecular weight excluding hydrogens is 106 g/mol. The summed E-state index contributed by atoms with van der Waals surface area (Å²) >= 11 is 0. The summed E-state index contributed by atoms with van der Waals surface area (Å²) in [6.45, 7) is 1.51. The van der Waals surface area contributed by atoms with Gasteiger partial charge in [0.25, 0.3) is 0 Å². The first-order chi connectivity index (χ1) is 3.68. The van der Waals surface area contributed by atoms with E-state index in [-0.39, 0.29) is 6.42 Å². The van der Waals surface area contributed by atoms with Crippen LogP contribution in [-0.4, -0.2) is 11.1 Å². The van der Waals surface area contributed by atoms with Crippen molar-refractivity contribution in [1.29, 1.82) is 5.26 Å². The van der Waals surface area contributed by atoms with Crippen molar-refractivity contribution in [3.8, 4) is 6.07 Å². The quantitative estimate of drug-likeness (QED) is 0.571. The molecule has 0 aromatic carbocycles. The summed E-state index contributed by atoms with van der Waals surface area (Å²) in [6, 6.07) is 1.77. The van der Waals surface area contributed by atoms with Gasteiger partial charge in [0.1, 0.15) is 0 Å². The van der Waals surface area contributed by atoms with Crippen LogP contribution in [0.2, 0.25) is 0 Å². The minimum atomic E-state index is -0.911. The van der Waals surface area contributed by atoms with E-state index in [0.717, 1.165) is 0 Å². The molecule has 0 aliphatic rings. The summed E-state index contributed by atoms with van der Waals surface area (Å²) in [4.78, 5) is 9.94. The lowest BCUT2D eigenvalue weighted by atomic mass is 10.1. The second-order valence-electron chi connectivity index (χ2n) is 1.60. The number of hydrogen-bond donors (Lipinski definition) is 1. The van der Waals surface area contributed by atoms with Crippen LogP contribution in [0.5, 0.6) is 0 Å². The topological polar surface area (TPSA) is 61.1 Å². The maximum absolute atomic E-state index is 9.94. The van der Waals surface area contributed by atoms with Crippen LogP contribution in [0.25, 0.3) is 0 Å². The van der Waals surface area contributed by atoms with E-state index in [1.54, 1.807) is 6.07 Å². The third kappa shape index (κ3) is 2.19. The molecule has 0 aromatic rings. The van der Waals surface area contributed by atoms with Gasteiger partial charge in [-0.25, -0.2) is 0 Å². The molecule has 0 spiro atoms. The minimum Gasteiger partial charge on any atom is -0.481 e. The van der Waals surface area contributed by atoms with Gasteiger partial charge in [0.05, 0.1) is 12.0 Å². The van der Waals surface area contributed by atoms with E-state index >= 15 is 0 Å². The smallest absolute Gasteiger partial charge is 0.307 e. The fraction of sp³-hybridized carbons (Fsp3) is 0.600. The lowest BCUT2D eigenvalue weighted by Crippen LogP contribution is -2.07. The third-order valence-corrected chi connectivity index (χ3v) is 0.819. The van der Waals surface area contributed by atoms with Crippen molar-refractivity contribution >= 4 is 5.97 Å². The Bertz CT molecular complexity index is 125. The van der Waals surface area contributed by atoms with E-state index in [2.05, 4.69) is 0 Å². The molecule has 0 rings (SSSR count). The highest BCUT2D eigenvalue weighted by Crippen LogP contribution is 1.97. The molecule has 0 saturated carbocycles. The SMILES string of the molecule is CC(CC#N)C(=O)O. The fourth-order valence-corrected chi connectivity index (χ4v) is 0.224. The fourth-order valence-electron chi connectivity index (χ4n) is 0.224. The Morgan fingerprint density at radius 1 is 2.00 bits per heavy atom. The molecule has 0 aliphatic carbocycles. The van der Waals surface area contributed by atoms with Crippen molar-refractivity contribution in [2.75, 3.05) is 0 Å². The molecule has 0 bridgehead atoms. The highest BCUT2D eigenvalue weighted by Gasteiger charge is 2.08. The van der Waals surface area contributed by atoms with Gasteiger partial charge in [0.15, 0.2) is 0 Å². The van der Waals surface area contributed by atoms with Crippen LogP contribution in [0.15, 0.2) is 0 Å². The number of nitrogens with zero attached hydrogens (tertiary/aromatic N) is 1. The molecule has 0 saturated heterocycles. The molecule has 3 heteroatoms. The number of carboxylic acids is 1. The molecule has 0 amide bonds. The molecule has 1 atom stereocenters. The van der Waals surface area contributed by atoms with E-state index in [1.807, 2.05) is 0 Å². The van der Waals surface area contributed by atoms with E-state index in [9.17, 15) is 4.79 Å². The number of rotatable bonds is 2. The summed E-state index contributed by atoms with van der Waals surface area (Å²) in [6.07, 6.45) is 0.0926. The number of carbonyl (C=O) groups is 1. The summed E-state index contributed by atoms with van der Waals surface area (Å²) in [5, 5.41) is 16.1. The molecule has 0 aromatic heterocycles. The number of aliphatic carboxylic acids is 1. The maximum Gasteiger partial charge on any atom is 0.307 e. The van der Waals surface area contributed by atoms with Crippen LogP contribution in [0.4, 0.5) is 0 Å². The maximum atomic E-state index is 9.94. The normalized spacial score (nSPS) is 12.0. The summed E-state index contributed by atoms with van der Waals surface area (Å²) in [5.74, 6) is -1.44. The van der Waals surface area contributed by atoms with Gasteiger partial charge < -0.3 is 5.11 Å². The standard InChI is InChI=1S/C5H7NO2/c1-4(2-3-6)5(7)8/h4H,2H2,1H3,(H,7,8). The Hall–Kier alpha value is -1.04. The molecule has 0 fully saturated rings. The highest BCUT2D eigenvalue weighted by atomic mass is 16.4. The largest absolute Gasteiger partial charge is 0.481 e. The van der Waals surface area contributed by atoms with E-state index in [1.165, 1.54) is 6.92 Å². The van der Waals surface area contributed by atoms with Gasteiger partial charge in [-0.2, -0.15) is 5.26 Å². The highest BCUT2D eigenvalue weighted by molar-refractivity contribution is 5.69. The third-order valence-electron chi connectivity index (χ3n) is 0.819. The van der Waals surface area contributed by atoms with Crippen LogP contribution >= 0.6 is 0 Å². The molecular formula is C5H7NO2. The van der Waals surface area contributed by atoms with Gasteiger partial charge in [-0.3, -0.25) is 4.79 Å². The van der Waals surface area contributed by atoms with Gasteiger partial charge in [-0.1, -0.05) is 6.92 Å². The van der Waals surface area contributed by atoms with Gasteiger partial charge >= 0.3 is 5.97 Å². The van der Waals surface area contributed by atoms with Gasteiger partial charge in [-0.15, -0.1) is 0 Å². The van der Waals surface area contributed by atoms with Crippen molar-refractivity contribution in [1.82, 2.24) is 0 Å². The van der Waals surface area contributed by atoms with Crippen molar-refractivity contribution < 1.29 is 9.90 Å². The van der Waals surface area contributed by atoms with Crippen molar-refractivity contribution in [2.24, 2.45) is 5.92 Å². The van der Waals surface area contributed by atoms with Crippen LogP contribution in [-0.2, 0) is 4.79 Å². The number of carboxylic acid groups (broad SMARTS) is 1. The molecule has 0 radical (unpaired) electrons. The Balaban J connectivity index is 3.52.